The van der Waals surface area contributed by atoms with E-state index in [2.05, 4.69) is 51.7 Å². The number of guanidine groups is 1. The molecule has 1 aromatic carbocycles. The fraction of sp³-hybridized carbons (Fsp3) is 0.667. The van der Waals surface area contributed by atoms with Gasteiger partial charge in [-0.15, -0.1) is 0 Å². The molecule has 1 heterocycles. The lowest BCUT2D eigenvalue weighted by atomic mass is 10.0. The minimum Gasteiger partial charge on any atom is -0.354 e. The standard InChI is InChI=1S/C21H34N4/c1-3-17-8-4-5-9-18(17)16-23-21(22-2)24-19-12-14-25(15-13-19)20-10-6-7-11-20/h4-5,8-9,19-20H,3,6-7,10-16H2,1-2H3,(H2,22,23,24). The van der Waals surface area contributed by atoms with Crippen molar-refractivity contribution in [1.82, 2.24) is 15.5 Å². The summed E-state index contributed by atoms with van der Waals surface area (Å²) < 4.78 is 0. The Kier molecular flexibility index (Phi) is 6.74. The third-order valence-corrected chi connectivity index (χ3v) is 5.88. The molecule has 2 aliphatic rings. The van der Waals surface area contributed by atoms with Crippen LogP contribution >= 0.6 is 0 Å². The van der Waals surface area contributed by atoms with E-state index >= 15 is 0 Å². The van der Waals surface area contributed by atoms with E-state index in [-0.39, 0.29) is 0 Å². The van der Waals surface area contributed by atoms with E-state index in [1.54, 1.807) is 0 Å². The first-order chi connectivity index (χ1) is 12.3. The lowest BCUT2D eigenvalue weighted by molar-refractivity contribution is 0.150. The number of hydrogen-bond donors (Lipinski definition) is 2. The monoisotopic (exact) mass is 342 g/mol. The molecule has 4 heteroatoms. The lowest BCUT2D eigenvalue weighted by Crippen LogP contribution is -2.50. The fourth-order valence-electron chi connectivity index (χ4n) is 4.32. The van der Waals surface area contributed by atoms with Crippen LogP contribution in [-0.2, 0) is 13.0 Å². The number of aliphatic imine (C=N–C) groups is 1. The zero-order valence-electron chi connectivity index (χ0n) is 15.9. The van der Waals surface area contributed by atoms with E-state index in [1.807, 2.05) is 7.05 Å². The van der Waals surface area contributed by atoms with Gasteiger partial charge < -0.3 is 15.5 Å². The topological polar surface area (TPSA) is 39.7 Å². The van der Waals surface area contributed by atoms with Crippen LogP contribution in [0.3, 0.4) is 0 Å². The largest absolute Gasteiger partial charge is 0.354 e. The van der Waals surface area contributed by atoms with Crippen molar-refractivity contribution in [2.75, 3.05) is 20.1 Å². The fourth-order valence-corrected chi connectivity index (χ4v) is 4.32. The highest BCUT2D eigenvalue weighted by Gasteiger charge is 2.27. The van der Waals surface area contributed by atoms with Gasteiger partial charge in [0.05, 0.1) is 0 Å². The van der Waals surface area contributed by atoms with Crippen LogP contribution in [0.2, 0.25) is 0 Å². The van der Waals surface area contributed by atoms with Crippen molar-refractivity contribution < 1.29 is 0 Å². The maximum Gasteiger partial charge on any atom is 0.191 e. The molecule has 1 saturated heterocycles. The van der Waals surface area contributed by atoms with Gasteiger partial charge in [-0.2, -0.15) is 0 Å². The first-order valence-electron chi connectivity index (χ1n) is 10.1. The summed E-state index contributed by atoms with van der Waals surface area (Å²) in [5, 5.41) is 7.14. The van der Waals surface area contributed by atoms with Crippen LogP contribution in [0.25, 0.3) is 0 Å². The Morgan fingerprint density at radius 3 is 2.40 bits per heavy atom. The molecule has 4 nitrogen and oxygen atoms in total. The molecule has 0 spiro atoms. The molecule has 1 aliphatic heterocycles. The van der Waals surface area contributed by atoms with Crippen LogP contribution in [0.4, 0.5) is 0 Å². The third kappa shape index (κ3) is 4.97. The van der Waals surface area contributed by atoms with Crippen LogP contribution in [0.15, 0.2) is 29.3 Å². The van der Waals surface area contributed by atoms with Gasteiger partial charge in [-0.25, -0.2) is 0 Å². The minimum atomic E-state index is 0.547. The second-order valence-corrected chi connectivity index (χ2v) is 7.44. The van der Waals surface area contributed by atoms with Crippen LogP contribution in [-0.4, -0.2) is 43.1 Å². The van der Waals surface area contributed by atoms with Gasteiger partial charge >= 0.3 is 0 Å². The van der Waals surface area contributed by atoms with E-state index in [1.165, 1.54) is 62.7 Å². The third-order valence-electron chi connectivity index (χ3n) is 5.88. The molecule has 0 bridgehead atoms. The van der Waals surface area contributed by atoms with Gasteiger partial charge in [0.15, 0.2) is 5.96 Å². The van der Waals surface area contributed by atoms with Crippen LogP contribution < -0.4 is 10.6 Å². The van der Waals surface area contributed by atoms with Crippen molar-refractivity contribution in [2.24, 2.45) is 4.99 Å². The quantitative estimate of drug-likeness (QED) is 0.637. The molecule has 1 saturated carbocycles. The maximum atomic E-state index is 4.43. The molecule has 0 amide bonds. The van der Waals surface area contributed by atoms with E-state index in [0.29, 0.717) is 6.04 Å². The molecule has 0 radical (unpaired) electrons. The van der Waals surface area contributed by atoms with Crippen molar-refractivity contribution in [3.8, 4) is 0 Å². The van der Waals surface area contributed by atoms with E-state index in [0.717, 1.165) is 25.0 Å². The molecule has 138 valence electrons. The number of nitrogens with one attached hydrogen (secondary N) is 2. The average Bonchev–Trinajstić information content (AvgIpc) is 3.20. The summed E-state index contributed by atoms with van der Waals surface area (Å²) in [6.45, 7) is 5.52. The number of piperidine rings is 1. The Bertz CT molecular complexity index is 555. The Balaban J connectivity index is 1.45. The molecule has 0 atom stereocenters. The van der Waals surface area contributed by atoms with Crippen molar-refractivity contribution in [3.63, 3.8) is 0 Å². The smallest absolute Gasteiger partial charge is 0.191 e. The zero-order chi connectivity index (χ0) is 17.5. The van der Waals surface area contributed by atoms with Crippen LogP contribution in [0.1, 0.15) is 56.6 Å². The number of benzene rings is 1. The molecule has 3 rings (SSSR count). The van der Waals surface area contributed by atoms with Gasteiger partial charge in [0.2, 0.25) is 0 Å². The molecule has 0 unspecified atom stereocenters. The van der Waals surface area contributed by atoms with Crippen LogP contribution in [0.5, 0.6) is 0 Å². The van der Waals surface area contributed by atoms with Crippen molar-refractivity contribution in [1.29, 1.82) is 0 Å². The molecule has 25 heavy (non-hydrogen) atoms. The Morgan fingerprint density at radius 2 is 1.76 bits per heavy atom. The first-order valence-corrected chi connectivity index (χ1v) is 10.1. The Labute approximate surface area is 153 Å². The maximum absolute atomic E-state index is 4.43. The summed E-state index contributed by atoms with van der Waals surface area (Å²) in [6, 6.07) is 10.1. The second-order valence-electron chi connectivity index (χ2n) is 7.44. The van der Waals surface area contributed by atoms with Crippen LogP contribution in [0, 0.1) is 0 Å². The number of nitrogens with zero attached hydrogens (tertiary/aromatic N) is 2. The summed E-state index contributed by atoms with van der Waals surface area (Å²) in [4.78, 5) is 7.15. The normalized spacial score (nSPS) is 20.8. The lowest BCUT2D eigenvalue weighted by Gasteiger charge is -2.36. The summed E-state index contributed by atoms with van der Waals surface area (Å²) >= 11 is 0. The molecule has 0 aromatic heterocycles. The summed E-state index contributed by atoms with van der Waals surface area (Å²) in [7, 11) is 1.87. The van der Waals surface area contributed by atoms with E-state index in [4.69, 9.17) is 0 Å². The first kappa shape index (κ1) is 18.2. The highest BCUT2D eigenvalue weighted by atomic mass is 15.2. The predicted octanol–water partition coefficient (Wildman–Crippen LogP) is 3.32. The zero-order valence-corrected chi connectivity index (χ0v) is 15.9. The van der Waals surface area contributed by atoms with E-state index in [9.17, 15) is 0 Å². The van der Waals surface area contributed by atoms with Crippen molar-refractivity contribution >= 4 is 5.96 Å². The van der Waals surface area contributed by atoms with Gasteiger partial charge in [0.1, 0.15) is 0 Å². The highest BCUT2D eigenvalue weighted by molar-refractivity contribution is 5.80. The number of hydrogen-bond acceptors (Lipinski definition) is 2. The predicted molar refractivity (Wildman–Crippen MR) is 106 cm³/mol. The second kappa shape index (κ2) is 9.23. The van der Waals surface area contributed by atoms with Crippen molar-refractivity contribution in [2.45, 2.75) is 70.5 Å². The molecule has 1 aromatic rings. The molecular formula is C21H34N4. The Morgan fingerprint density at radius 1 is 1.08 bits per heavy atom. The molecule has 1 aliphatic carbocycles. The van der Waals surface area contributed by atoms with Gasteiger partial charge in [-0.1, -0.05) is 44.0 Å². The number of likely N-dealkylation sites (tertiary alicyclic amines) is 1. The molecule has 2 fully saturated rings. The average molecular weight is 343 g/mol. The van der Waals surface area contributed by atoms with Gasteiger partial charge in [0.25, 0.3) is 0 Å². The minimum absolute atomic E-state index is 0.547. The Hall–Kier alpha value is -1.55. The van der Waals surface area contributed by atoms with E-state index < -0.39 is 0 Å². The SMILES string of the molecule is CCc1ccccc1CNC(=NC)NC1CCN(C2CCCC2)CC1. The summed E-state index contributed by atoms with van der Waals surface area (Å²) in [5.41, 5.74) is 2.78. The van der Waals surface area contributed by atoms with Gasteiger partial charge in [0, 0.05) is 38.8 Å². The van der Waals surface area contributed by atoms with Crippen molar-refractivity contribution in [3.05, 3.63) is 35.4 Å². The van der Waals surface area contributed by atoms with Gasteiger partial charge in [-0.3, -0.25) is 4.99 Å². The summed E-state index contributed by atoms with van der Waals surface area (Å²) in [6.07, 6.45) is 9.21. The molecule has 2 N–H and O–H groups in total. The summed E-state index contributed by atoms with van der Waals surface area (Å²) in [5.74, 6) is 0.935. The van der Waals surface area contributed by atoms with Gasteiger partial charge in [-0.05, 0) is 43.2 Å². The highest BCUT2D eigenvalue weighted by Crippen LogP contribution is 2.26. The number of rotatable bonds is 5. The molecular weight excluding hydrogens is 308 g/mol. The number of aryl methyl sites for hydroxylation is 1.